The number of hydrogen-bond acceptors (Lipinski definition) is 2. The minimum atomic E-state index is 0.836. The highest BCUT2D eigenvalue weighted by Gasteiger charge is 2.06. The van der Waals surface area contributed by atoms with Gasteiger partial charge >= 0.3 is 0 Å². The molecule has 2 N–H and O–H groups in total. The van der Waals surface area contributed by atoms with Crippen molar-refractivity contribution in [3.05, 3.63) is 66.7 Å². The van der Waals surface area contributed by atoms with Crippen LogP contribution < -0.4 is 5.73 Å². The van der Waals surface area contributed by atoms with Crippen LogP contribution >= 0.6 is 11.8 Å². The number of hydrogen-bond donors (Lipinski definition) is 1. The zero-order chi connectivity index (χ0) is 12.4. The normalized spacial score (nSPS) is 10.7. The Labute approximate surface area is 111 Å². The summed E-state index contributed by atoms with van der Waals surface area (Å²) in [5.74, 6) is 0. The van der Waals surface area contributed by atoms with Crippen molar-refractivity contribution in [2.75, 3.05) is 5.73 Å². The number of nitrogen functional groups attached to an aromatic ring is 1. The molecule has 2 heteroatoms. The van der Waals surface area contributed by atoms with Gasteiger partial charge in [-0.15, -0.1) is 0 Å². The van der Waals surface area contributed by atoms with Crippen LogP contribution in [0.25, 0.3) is 10.8 Å². The second-order valence-corrected chi connectivity index (χ2v) is 5.20. The topological polar surface area (TPSA) is 26.0 Å². The van der Waals surface area contributed by atoms with Gasteiger partial charge in [-0.2, -0.15) is 0 Å². The van der Waals surface area contributed by atoms with Crippen molar-refractivity contribution in [3.63, 3.8) is 0 Å². The molecule has 0 aliphatic carbocycles. The summed E-state index contributed by atoms with van der Waals surface area (Å²) in [6.45, 7) is 0. The third kappa shape index (κ3) is 2.07. The maximum atomic E-state index is 6.11. The quantitative estimate of drug-likeness (QED) is 0.675. The molecule has 0 atom stereocenters. The van der Waals surface area contributed by atoms with Crippen molar-refractivity contribution in [2.24, 2.45) is 0 Å². The van der Waals surface area contributed by atoms with Gasteiger partial charge in [-0.25, -0.2) is 0 Å². The zero-order valence-electron chi connectivity index (χ0n) is 9.84. The minimum Gasteiger partial charge on any atom is -0.398 e. The molecule has 0 saturated carbocycles. The molecule has 88 valence electrons. The van der Waals surface area contributed by atoms with Crippen LogP contribution in [0, 0.1) is 0 Å². The van der Waals surface area contributed by atoms with Crippen LogP contribution in [0.15, 0.2) is 76.5 Å². The molecule has 0 spiro atoms. The maximum absolute atomic E-state index is 6.11. The van der Waals surface area contributed by atoms with Gasteiger partial charge in [0.2, 0.25) is 0 Å². The summed E-state index contributed by atoms with van der Waals surface area (Å²) in [7, 11) is 0. The summed E-state index contributed by atoms with van der Waals surface area (Å²) in [6, 6.07) is 22.7. The van der Waals surface area contributed by atoms with Gasteiger partial charge in [-0.1, -0.05) is 60.3 Å². The van der Waals surface area contributed by atoms with Crippen LogP contribution in [0.2, 0.25) is 0 Å². The minimum absolute atomic E-state index is 0.836. The van der Waals surface area contributed by atoms with E-state index in [0.717, 1.165) is 10.6 Å². The molecule has 0 aliphatic heterocycles. The van der Waals surface area contributed by atoms with Gasteiger partial charge in [0, 0.05) is 15.5 Å². The lowest BCUT2D eigenvalue weighted by Crippen LogP contribution is -1.89. The highest BCUT2D eigenvalue weighted by molar-refractivity contribution is 7.99. The van der Waals surface area contributed by atoms with E-state index in [1.54, 1.807) is 11.8 Å². The molecule has 18 heavy (non-hydrogen) atoms. The largest absolute Gasteiger partial charge is 0.398 e. The van der Waals surface area contributed by atoms with E-state index in [1.807, 2.05) is 24.3 Å². The molecule has 0 fully saturated rings. The Morgan fingerprint density at radius 2 is 1.44 bits per heavy atom. The van der Waals surface area contributed by atoms with Crippen molar-refractivity contribution >= 4 is 28.2 Å². The Bertz CT molecular complexity index is 677. The predicted molar refractivity (Wildman–Crippen MR) is 78.9 cm³/mol. The Kier molecular flexibility index (Phi) is 2.95. The molecule has 0 aromatic heterocycles. The Hall–Kier alpha value is -1.93. The van der Waals surface area contributed by atoms with Gasteiger partial charge in [-0.05, 0) is 29.0 Å². The molecular weight excluding hydrogens is 238 g/mol. The summed E-state index contributed by atoms with van der Waals surface area (Å²) in [6.07, 6.45) is 0. The molecule has 3 aromatic carbocycles. The molecule has 0 saturated heterocycles. The van der Waals surface area contributed by atoms with Crippen molar-refractivity contribution < 1.29 is 0 Å². The Balaban J connectivity index is 2.13. The number of benzene rings is 3. The second-order valence-electron chi connectivity index (χ2n) is 4.12. The van der Waals surface area contributed by atoms with E-state index in [-0.39, 0.29) is 0 Å². The lowest BCUT2D eigenvalue weighted by atomic mass is 10.1. The van der Waals surface area contributed by atoms with Crippen LogP contribution in [0.4, 0.5) is 5.69 Å². The third-order valence-corrected chi connectivity index (χ3v) is 4.04. The predicted octanol–water partition coefficient (Wildman–Crippen LogP) is 4.57. The third-order valence-electron chi connectivity index (χ3n) is 2.87. The van der Waals surface area contributed by atoms with Crippen molar-refractivity contribution in [1.82, 2.24) is 0 Å². The fraction of sp³-hybridized carbons (Fsp3) is 0. The van der Waals surface area contributed by atoms with E-state index in [2.05, 4.69) is 42.5 Å². The van der Waals surface area contributed by atoms with Gasteiger partial charge in [0.25, 0.3) is 0 Å². The Morgan fingerprint density at radius 3 is 2.28 bits per heavy atom. The molecule has 0 amide bonds. The highest BCUT2D eigenvalue weighted by Crippen LogP contribution is 2.37. The van der Waals surface area contributed by atoms with Gasteiger partial charge in [0.1, 0.15) is 0 Å². The molecule has 0 unspecified atom stereocenters. The van der Waals surface area contributed by atoms with Crippen LogP contribution in [0.3, 0.4) is 0 Å². The van der Waals surface area contributed by atoms with Gasteiger partial charge < -0.3 is 5.73 Å². The Morgan fingerprint density at radius 1 is 0.722 bits per heavy atom. The molecule has 3 rings (SSSR count). The molecule has 0 aliphatic rings. The first-order valence-electron chi connectivity index (χ1n) is 5.85. The zero-order valence-corrected chi connectivity index (χ0v) is 10.7. The lowest BCUT2D eigenvalue weighted by molar-refractivity contribution is 1.44. The van der Waals surface area contributed by atoms with Gasteiger partial charge in [0.05, 0.1) is 0 Å². The van der Waals surface area contributed by atoms with E-state index in [9.17, 15) is 0 Å². The standard InChI is InChI=1S/C16H13NS/c17-15-11-10-12-6-4-5-9-14(12)16(15)18-13-7-2-1-3-8-13/h1-11H,17H2. The van der Waals surface area contributed by atoms with E-state index in [0.29, 0.717) is 0 Å². The van der Waals surface area contributed by atoms with Gasteiger partial charge in [0.15, 0.2) is 0 Å². The lowest BCUT2D eigenvalue weighted by Gasteiger charge is -2.09. The first-order chi connectivity index (χ1) is 8.84. The summed E-state index contributed by atoms with van der Waals surface area (Å²) >= 11 is 1.72. The van der Waals surface area contributed by atoms with Crippen LogP contribution in [-0.4, -0.2) is 0 Å². The first-order valence-corrected chi connectivity index (χ1v) is 6.66. The van der Waals surface area contributed by atoms with E-state index in [4.69, 9.17) is 5.73 Å². The monoisotopic (exact) mass is 251 g/mol. The van der Waals surface area contributed by atoms with E-state index >= 15 is 0 Å². The molecule has 0 radical (unpaired) electrons. The van der Waals surface area contributed by atoms with Crippen LogP contribution in [0.5, 0.6) is 0 Å². The number of fused-ring (bicyclic) bond motifs is 1. The molecule has 1 nitrogen and oxygen atoms in total. The number of anilines is 1. The fourth-order valence-electron chi connectivity index (χ4n) is 1.98. The van der Waals surface area contributed by atoms with Crippen molar-refractivity contribution in [1.29, 1.82) is 0 Å². The van der Waals surface area contributed by atoms with E-state index < -0.39 is 0 Å². The summed E-state index contributed by atoms with van der Waals surface area (Å²) < 4.78 is 0. The van der Waals surface area contributed by atoms with Crippen LogP contribution in [0.1, 0.15) is 0 Å². The smallest absolute Gasteiger partial charge is 0.0462 e. The highest BCUT2D eigenvalue weighted by atomic mass is 32.2. The van der Waals surface area contributed by atoms with Crippen molar-refractivity contribution in [3.8, 4) is 0 Å². The molecule has 0 bridgehead atoms. The summed E-state index contributed by atoms with van der Waals surface area (Å²) in [5, 5.41) is 2.44. The molecule has 0 heterocycles. The summed E-state index contributed by atoms with van der Waals surface area (Å²) in [5.41, 5.74) is 6.95. The first kappa shape index (κ1) is 11.2. The fourth-order valence-corrected chi connectivity index (χ4v) is 2.99. The number of nitrogens with two attached hydrogens (primary N) is 1. The SMILES string of the molecule is Nc1ccc2ccccc2c1Sc1ccccc1. The van der Waals surface area contributed by atoms with Crippen LogP contribution in [-0.2, 0) is 0 Å². The molecule has 3 aromatic rings. The summed E-state index contributed by atoms with van der Waals surface area (Å²) in [4.78, 5) is 2.35. The van der Waals surface area contributed by atoms with Gasteiger partial charge in [-0.3, -0.25) is 0 Å². The second kappa shape index (κ2) is 4.75. The number of rotatable bonds is 2. The van der Waals surface area contributed by atoms with E-state index in [1.165, 1.54) is 15.7 Å². The maximum Gasteiger partial charge on any atom is 0.0462 e. The molecular formula is C16H13NS. The van der Waals surface area contributed by atoms with Crippen molar-refractivity contribution in [2.45, 2.75) is 9.79 Å². The average molecular weight is 251 g/mol. The average Bonchev–Trinajstić information content (AvgIpc) is 2.43.